The van der Waals surface area contributed by atoms with Crippen LogP contribution in [-0.2, 0) is 4.79 Å². The van der Waals surface area contributed by atoms with Gasteiger partial charge in [-0.3, -0.25) is 14.5 Å². The Bertz CT molecular complexity index is 1410. The molecule has 0 spiro atoms. The summed E-state index contributed by atoms with van der Waals surface area (Å²) in [6.07, 6.45) is 1.63. The number of pyridine rings is 1. The number of para-hydroxylation sites is 1. The number of benzene rings is 3. The van der Waals surface area contributed by atoms with E-state index in [0.29, 0.717) is 33.4 Å². The van der Waals surface area contributed by atoms with E-state index in [-0.39, 0.29) is 22.8 Å². The van der Waals surface area contributed by atoms with Crippen LogP contribution in [0.3, 0.4) is 0 Å². The molecule has 0 fully saturated rings. The predicted molar refractivity (Wildman–Crippen MR) is 111 cm³/mol. The first-order chi connectivity index (χ1) is 14.1. The summed E-state index contributed by atoms with van der Waals surface area (Å²) < 4.78 is 6.10. The Balaban J connectivity index is 1.98. The average Bonchev–Trinajstić information content (AvgIpc) is 2.76. The number of anilines is 2. The third-order valence-corrected chi connectivity index (χ3v) is 4.81. The van der Waals surface area contributed by atoms with E-state index in [1.807, 2.05) is 30.3 Å². The van der Waals surface area contributed by atoms with Crippen LogP contribution in [0.1, 0.15) is 6.92 Å². The van der Waals surface area contributed by atoms with Gasteiger partial charge in [0, 0.05) is 29.6 Å². The number of nitrogens with zero attached hydrogens (tertiary/aromatic N) is 3. The molecule has 2 aromatic carbocycles. The van der Waals surface area contributed by atoms with Crippen molar-refractivity contribution in [2.45, 2.75) is 6.92 Å². The summed E-state index contributed by atoms with van der Waals surface area (Å²) in [5.41, 5.74) is 1.80. The molecule has 0 bridgehead atoms. The van der Waals surface area contributed by atoms with Crippen molar-refractivity contribution in [1.82, 2.24) is 9.97 Å². The Labute approximate surface area is 165 Å². The molecular formula is C23H15N3O3. The van der Waals surface area contributed by atoms with Crippen LogP contribution in [0.5, 0.6) is 0 Å². The molecule has 6 nitrogen and oxygen atoms in total. The van der Waals surface area contributed by atoms with Gasteiger partial charge in [-0.25, -0.2) is 9.97 Å². The summed E-state index contributed by atoms with van der Waals surface area (Å²) in [4.78, 5) is 36.5. The second kappa shape index (κ2) is 6.53. The molecule has 1 aromatic heterocycles. The lowest BCUT2D eigenvalue weighted by molar-refractivity contribution is -0.115. The molecule has 29 heavy (non-hydrogen) atoms. The molecule has 1 aliphatic carbocycles. The molecule has 3 aromatic rings. The highest BCUT2D eigenvalue weighted by atomic mass is 16.3. The molecule has 0 saturated heterocycles. The number of carbonyl (C=O) groups is 1. The van der Waals surface area contributed by atoms with Crippen molar-refractivity contribution in [3.05, 3.63) is 83.2 Å². The molecule has 0 saturated carbocycles. The molecule has 6 heteroatoms. The zero-order chi connectivity index (χ0) is 20.0. The average molecular weight is 381 g/mol. The fraction of sp³-hybridized carbons (Fsp3) is 0.0435. The van der Waals surface area contributed by atoms with Gasteiger partial charge in [0.05, 0.1) is 0 Å². The number of hydrogen-bond donors (Lipinski definition) is 0. The van der Waals surface area contributed by atoms with Crippen LogP contribution in [0.2, 0.25) is 0 Å². The first-order valence-electron chi connectivity index (χ1n) is 9.11. The highest BCUT2D eigenvalue weighted by molar-refractivity contribution is 6.08. The smallest absolute Gasteiger partial charge is 0.228 e. The predicted octanol–water partition coefficient (Wildman–Crippen LogP) is 4.53. The van der Waals surface area contributed by atoms with E-state index in [4.69, 9.17) is 4.42 Å². The van der Waals surface area contributed by atoms with E-state index in [1.54, 1.807) is 42.6 Å². The summed E-state index contributed by atoms with van der Waals surface area (Å²) >= 11 is 0. The number of aromatic nitrogens is 2. The first-order valence-corrected chi connectivity index (χ1v) is 9.11. The Hall–Kier alpha value is -4.06. The highest BCUT2D eigenvalue weighted by Gasteiger charge is 2.29. The minimum Gasteiger partial charge on any atom is -0.449 e. The maximum atomic E-state index is 13.5. The van der Waals surface area contributed by atoms with Gasteiger partial charge in [0.25, 0.3) is 0 Å². The van der Waals surface area contributed by atoms with E-state index in [1.165, 1.54) is 11.8 Å². The van der Waals surface area contributed by atoms with Crippen molar-refractivity contribution in [2.75, 3.05) is 4.90 Å². The molecule has 0 unspecified atom stereocenters. The second-order valence-electron chi connectivity index (χ2n) is 6.63. The van der Waals surface area contributed by atoms with Crippen molar-refractivity contribution < 1.29 is 9.21 Å². The zero-order valence-corrected chi connectivity index (χ0v) is 15.5. The van der Waals surface area contributed by atoms with E-state index in [9.17, 15) is 9.59 Å². The molecule has 2 aliphatic rings. The van der Waals surface area contributed by atoms with Gasteiger partial charge < -0.3 is 4.42 Å². The summed E-state index contributed by atoms with van der Waals surface area (Å²) in [7, 11) is 0. The molecule has 2 heterocycles. The monoisotopic (exact) mass is 381 g/mol. The summed E-state index contributed by atoms with van der Waals surface area (Å²) in [5, 5.41) is 1.12. The Morgan fingerprint density at radius 1 is 0.931 bits per heavy atom. The van der Waals surface area contributed by atoms with Gasteiger partial charge in [0.1, 0.15) is 11.4 Å². The van der Waals surface area contributed by atoms with Gasteiger partial charge in [-0.15, -0.1) is 0 Å². The lowest BCUT2D eigenvalue weighted by Gasteiger charge is -2.24. The van der Waals surface area contributed by atoms with Crippen molar-refractivity contribution in [2.24, 2.45) is 0 Å². The van der Waals surface area contributed by atoms with E-state index in [2.05, 4.69) is 9.97 Å². The lowest BCUT2D eigenvalue weighted by atomic mass is 10.0. The van der Waals surface area contributed by atoms with Crippen LogP contribution in [-0.4, -0.2) is 15.9 Å². The van der Waals surface area contributed by atoms with E-state index < -0.39 is 0 Å². The highest BCUT2D eigenvalue weighted by Crippen LogP contribution is 2.38. The quantitative estimate of drug-likeness (QED) is 0.332. The molecule has 0 N–H and O–H groups in total. The van der Waals surface area contributed by atoms with Crippen LogP contribution in [0.4, 0.5) is 11.4 Å². The van der Waals surface area contributed by atoms with Crippen molar-refractivity contribution in [1.29, 1.82) is 0 Å². The van der Waals surface area contributed by atoms with E-state index in [0.717, 1.165) is 0 Å². The Morgan fingerprint density at radius 3 is 2.41 bits per heavy atom. The molecular weight excluding hydrogens is 366 g/mol. The van der Waals surface area contributed by atoms with Gasteiger partial charge in [-0.1, -0.05) is 42.5 Å². The van der Waals surface area contributed by atoms with Crippen molar-refractivity contribution in [3.63, 3.8) is 0 Å². The van der Waals surface area contributed by atoms with Gasteiger partial charge in [-0.2, -0.15) is 0 Å². The number of hydrogen-bond acceptors (Lipinski definition) is 5. The summed E-state index contributed by atoms with van der Waals surface area (Å²) in [5.74, 6) is -0.0420. The molecule has 1 amide bonds. The third kappa shape index (κ3) is 2.65. The van der Waals surface area contributed by atoms with Crippen LogP contribution in [0, 0.1) is 0 Å². The van der Waals surface area contributed by atoms with Gasteiger partial charge in [-0.05, 0) is 24.3 Å². The second-order valence-corrected chi connectivity index (χ2v) is 6.63. The van der Waals surface area contributed by atoms with Crippen LogP contribution in [0.25, 0.3) is 33.5 Å². The number of carbonyl (C=O) groups excluding carboxylic acids is 1. The minimum absolute atomic E-state index is 0.149. The Kier molecular flexibility index (Phi) is 3.84. The van der Waals surface area contributed by atoms with Gasteiger partial charge in [0.2, 0.25) is 11.3 Å². The fourth-order valence-corrected chi connectivity index (χ4v) is 3.57. The fourth-order valence-electron chi connectivity index (χ4n) is 3.57. The summed E-state index contributed by atoms with van der Waals surface area (Å²) in [6, 6.07) is 19.7. The topological polar surface area (TPSA) is 76.3 Å². The van der Waals surface area contributed by atoms with Gasteiger partial charge in [0.15, 0.2) is 17.0 Å². The van der Waals surface area contributed by atoms with Crippen LogP contribution < -0.4 is 10.3 Å². The number of fused-ring (bicyclic) bond motifs is 4. The normalized spacial score (nSPS) is 11.2. The SMILES string of the molecule is CC(=O)N(c1ccccc1)c1c2oc3cccnc3nc-2c2ccccc2c1=O. The third-order valence-electron chi connectivity index (χ3n) is 4.81. The van der Waals surface area contributed by atoms with Crippen LogP contribution in [0.15, 0.2) is 82.1 Å². The molecule has 5 rings (SSSR count). The minimum atomic E-state index is -0.300. The number of rotatable bonds is 2. The standard InChI is InChI=1S/C23H15N3O3/c1-14(27)26(15-8-3-2-4-9-15)20-21(28)17-11-6-5-10-16(17)19-22(20)29-18-12-7-13-24-23(18)25-19/h2-13H,1H3. The van der Waals surface area contributed by atoms with Gasteiger partial charge >= 0.3 is 0 Å². The zero-order valence-electron chi connectivity index (χ0n) is 15.5. The summed E-state index contributed by atoms with van der Waals surface area (Å²) in [6.45, 7) is 1.42. The van der Waals surface area contributed by atoms with Crippen molar-refractivity contribution >= 4 is 39.3 Å². The maximum absolute atomic E-state index is 13.5. The largest absolute Gasteiger partial charge is 0.449 e. The molecule has 140 valence electrons. The van der Waals surface area contributed by atoms with E-state index >= 15 is 0 Å². The Morgan fingerprint density at radius 2 is 1.66 bits per heavy atom. The molecule has 1 aliphatic heterocycles. The first kappa shape index (κ1) is 17.1. The lowest BCUT2D eigenvalue weighted by Crippen LogP contribution is -2.29. The molecule has 0 radical (unpaired) electrons. The van der Waals surface area contributed by atoms with Crippen molar-refractivity contribution in [3.8, 4) is 11.5 Å². The maximum Gasteiger partial charge on any atom is 0.228 e. The molecule has 0 atom stereocenters. The number of amides is 1. The van der Waals surface area contributed by atoms with Crippen LogP contribution >= 0.6 is 0 Å².